The zero-order valence-electron chi connectivity index (χ0n) is 22.9. The summed E-state index contributed by atoms with van der Waals surface area (Å²) < 4.78 is 55.6. The molecule has 17 heteroatoms. The molecule has 0 bridgehead atoms. The molecule has 0 aliphatic rings. The summed E-state index contributed by atoms with van der Waals surface area (Å²) in [5.74, 6) is -1.73. The number of benzene rings is 2. The zero-order chi connectivity index (χ0) is 32.0. The Morgan fingerprint density at radius 3 is 2.14 bits per heavy atom. The average Bonchev–Trinajstić information content (AvgIpc) is 2.96. The van der Waals surface area contributed by atoms with Gasteiger partial charge in [-0.2, -0.15) is 13.2 Å². The van der Waals surface area contributed by atoms with Crippen LogP contribution in [-0.4, -0.2) is 85.4 Å². The van der Waals surface area contributed by atoms with E-state index in [4.69, 9.17) is 25.8 Å². The van der Waals surface area contributed by atoms with Gasteiger partial charge in [0.15, 0.2) is 5.60 Å². The van der Waals surface area contributed by atoms with Crippen molar-refractivity contribution in [2.75, 3.05) is 57.3 Å². The van der Waals surface area contributed by atoms with E-state index in [0.29, 0.717) is 31.9 Å². The predicted octanol–water partition coefficient (Wildman–Crippen LogP) is 2.50. The number of halogens is 4. The van der Waals surface area contributed by atoms with Crippen LogP contribution >= 0.6 is 11.6 Å². The summed E-state index contributed by atoms with van der Waals surface area (Å²) in [5, 5.41) is 28.7. The molecule has 43 heavy (non-hydrogen) atoms. The van der Waals surface area contributed by atoms with Gasteiger partial charge in [-0.25, -0.2) is 0 Å². The molecule has 2 aromatic rings. The van der Waals surface area contributed by atoms with E-state index in [1.165, 1.54) is 24.3 Å². The van der Waals surface area contributed by atoms with Crippen molar-refractivity contribution in [1.29, 1.82) is 0 Å². The number of carbonyl (C=O) groups excluding carboxylic acids is 3. The number of nitro benzene ring substituents is 1. The molecule has 2 rings (SSSR count). The highest BCUT2D eigenvalue weighted by molar-refractivity contribution is 6.27. The predicted molar refractivity (Wildman–Crippen MR) is 147 cm³/mol. The Balaban J connectivity index is 1.75. The molecule has 13 nitrogen and oxygen atoms in total. The molecule has 0 fully saturated rings. The minimum Gasteiger partial charge on any atom is -0.490 e. The van der Waals surface area contributed by atoms with Gasteiger partial charge in [-0.1, -0.05) is 0 Å². The fraction of sp³-hybridized carbons (Fsp3) is 0.423. The molecule has 236 valence electrons. The number of hydrogen-bond donors (Lipinski definition) is 4. The van der Waals surface area contributed by atoms with Gasteiger partial charge in [0.05, 0.1) is 31.4 Å². The molecule has 0 unspecified atom stereocenters. The highest BCUT2D eigenvalue weighted by atomic mass is 35.5. The summed E-state index contributed by atoms with van der Waals surface area (Å²) in [4.78, 5) is 45.4. The second-order valence-corrected chi connectivity index (χ2v) is 9.26. The number of nitrogens with zero attached hydrogens (tertiary/aromatic N) is 1. The van der Waals surface area contributed by atoms with Crippen LogP contribution in [0.2, 0.25) is 0 Å². The molecule has 0 heterocycles. The molecule has 0 aromatic heterocycles. The smallest absolute Gasteiger partial charge is 0.423 e. The number of nitro groups is 1. The summed E-state index contributed by atoms with van der Waals surface area (Å²) in [5.41, 5.74) is -5.08. The van der Waals surface area contributed by atoms with E-state index in [0.717, 1.165) is 13.0 Å². The molecule has 0 saturated carbocycles. The van der Waals surface area contributed by atoms with Gasteiger partial charge in [0.25, 0.3) is 17.5 Å². The monoisotopic (exact) mass is 634 g/mol. The van der Waals surface area contributed by atoms with Gasteiger partial charge in [0.1, 0.15) is 23.8 Å². The SMILES string of the molecule is C[C@](O)(COc1ccc(C(=O)NCCOCCOCCNC(=O)CCl)cc1)C(=O)Nc1ccc([N+](=O)[O-])c(C(F)(F)F)c1. The van der Waals surface area contributed by atoms with Crippen molar-refractivity contribution in [2.45, 2.75) is 18.7 Å². The number of carbonyl (C=O) groups is 3. The lowest BCUT2D eigenvalue weighted by atomic mass is 10.1. The van der Waals surface area contributed by atoms with Crippen molar-refractivity contribution < 1.29 is 51.8 Å². The first-order valence-corrected chi connectivity index (χ1v) is 13.2. The van der Waals surface area contributed by atoms with Crippen LogP contribution in [0.3, 0.4) is 0 Å². The maximum Gasteiger partial charge on any atom is 0.423 e. The quantitative estimate of drug-likeness (QED) is 0.0881. The van der Waals surface area contributed by atoms with Gasteiger partial charge in [-0.3, -0.25) is 24.5 Å². The molecule has 0 radical (unpaired) electrons. The maximum atomic E-state index is 13.2. The van der Waals surface area contributed by atoms with Crippen molar-refractivity contribution in [1.82, 2.24) is 10.6 Å². The minimum absolute atomic E-state index is 0.118. The standard InChI is InChI=1S/C26H30ClF3N4O9/c1-25(38,24(37)33-18-4-7-21(34(39)40)20(14-18)26(28,29)30)16-43-19-5-2-17(3-6-19)23(36)32-9-11-42-13-12-41-10-8-31-22(35)15-27/h2-7,14,38H,8-13,15-16H2,1H3,(H,31,35)(H,32,36)(H,33,37)/t25-/m0/s1. The molecule has 1 atom stereocenters. The third kappa shape index (κ3) is 12.0. The number of amides is 3. The Bertz CT molecular complexity index is 1260. The van der Waals surface area contributed by atoms with Crippen LogP contribution in [0, 0.1) is 10.1 Å². The Kier molecular flexibility index (Phi) is 13.6. The van der Waals surface area contributed by atoms with Crippen molar-refractivity contribution in [3.05, 3.63) is 63.7 Å². The third-order valence-corrected chi connectivity index (χ3v) is 5.72. The summed E-state index contributed by atoms with van der Waals surface area (Å²) in [6, 6.07) is 7.60. The van der Waals surface area contributed by atoms with E-state index in [1.807, 2.05) is 0 Å². The summed E-state index contributed by atoms with van der Waals surface area (Å²) in [7, 11) is 0. The zero-order valence-corrected chi connectivity index (χ0v) is 23.6. The van der Waals surface area contributed by atoms with Gasteiger partial charge >= 0.3 is 6.18 Å². The lowest BCUT2D eigenvalue weighted by Crippen LogP contribution is -2.45. The van der Waals surface area contributed by atoms with Crippen molar-refractivity contribution in [2.24, 2.45) is 0 Å². The first-order valence-electron chi connectivity index (χ1n) is 12.6. The Morgan fingerprint density at radius 1 is 0.977 bits per heavy atom. The number of alkyl halides is 4. The highest BCUT2D eigenvalue weighted by Gasteiger charge is 2.39. The second-order valence-electron chi connectivity index (χ2n) is 8.99. The van der Waals surface area contributed by atoms with Crippen LogP contribution in [-0.2, 0) is 25.2 Å². The number of rotatable bonds is 17. The second kappa shape index (κ2) is 16.6. The number of ether oxygens (including phenoxy) is 3. The summed E-state index contributed by atoms with van der Waals surface area (Å²) >= 11 is 5.35. The molecule has 2 aromatic carbocycles. The molecule has 0 aliphatic heterocycles. The number of anilines is 1. The third-order valence-electron chi connectivity index (χ3n) is 5.48. The maximum absolute atomic E-state index is 13.2. The fourth-order valence-electron chi connectivity index (χ4n) is 3.23. The Morgan fingerprint density at radius 2 is 1.58 bits per heavy atom. The van der Waals surface area contributed by atoms with E-state index in [1.54, 1.807) is 0 Å². The van der Waals surface area contributed by atoms with Crippen LogP contribution in [0.15, 0.2) is 42.5 Å². The van der Waals surface area contributed by atoms with Gasteiger partial charge in [0.2, 0.25) is 5.91 Å². The molecular weight excluding hydrogens is 605 g/mol. The van der Waals surface area contributed by atoms with Crippen molar-refractivity contribution >= 4 is 40.7 Å². The van der Waals surface area contributed by atoms with E-state index in [9.17, 15) is 42.8 Å². The molecular formula is C26H30ClF3N4O9. The Hall–Kier alpha value is -3.99. The largest absolute Gasteiger partial charge is 0.490 e. The fourth-order valence-corrected chi connectivity index (χ4v) is 3.32. The van der Waals surface area contributed by atoms with Crippen LogP contribution < -0.4 is 20.7 Å². The van der Waals surface area contributed by atoms with Crippen LogP contribution in [0.5, 0.6) is 5.75 Å². The average molecular weight is 635 g/mol. The normalized spacial score (nSPS) is 12.6. The lowest BCUT2D eigenvalue weighted by Gasteiger charge is -2.23. The van der Waals surface area contributed by atoms with Crippen molar-refractivity contribution in [3.8, 4) is 5.75 Å². The minimum atomic E-state index is -5.05. The summed E-state index contributed by atoms with van der Waals surface area (Å²) in [6.45, 7) is 2.14. The van der Waals surface area contributed by atoms with Crippen LogP contribution in [0.4, 0.5) is 24.5 Å². The molecule has 0 spiro atoms. The van der Waals surface area contributed by atoms with Gasteiger partial charge in [0, 0.05) is 30.4 Å². The van der Waals surface area contributed by atoms with E-state index in [-0.39, 0.29) is 42.9 Å². The van der Waals surface area contributed by atoms with E-state index in [2.05, 4.69) is 16.0 Å². The first kappa shape index (κ1) is 35.2. The Labute approximate surface area is 248 Å². The van der Waals surface area contributed by atoms with Crippen LogP contribution in [0.1, 0.15) is 22.8 Å². The summed E-state index contributed by atoms with van der Waals surface area (Å²) in [6.07, 6.45) is -5.05. The topological polar surface area (TPSA) is 178 Å². The molecule has 0 saturated heterocycles. The van der Waals surface area contributed by atoms with E-state index < -0.39 is 52.1 Å². The number of aliphatic hydroxyl groups is 1. The first-order chi connectivity index (χ1) is 20.2. The van der Waals surface area contributed by atoms with E-state index >= 15 is 0 Å². The highest BCUT2D eigenvalue weighted by Crippen LogP contribution is 2.37. The van der Waals surface area contributed by atoms with Crippen molar-refractivity contribution in [3.63, 3.8) is 0 Å². The lowest BCUT2D eigenvalue weighted by molar-refractivity contribution is -0.388. The van der Waals surface area contributed by atoms with Gasteiger partial charge in [-0.15, -0.1) is 11.6 Å². The molecule has 3 amide bonds. The van der Waals surface area contributed by atoms with Crippen LogP contribution in [0.25, 0.3) is 0 Å². The van der Waals surface area contributed by atoms with Gasteiger partial charge < -0.3 is 35.3 Å². The molecule has 0 aliphatic carbocycles. The van der Waals surface area contributed by atoms with Gasteiger partial charge in [-0.05, 0) is 43.3 Å². The number of nitrogens with one attached hydrogen (secondary N) is 3. The number of hydrogen-bond acceptors (Lipinski definition) is 9. The molecule has 4 N–H and O–H groups in total.